The highest BCUT2D eigenvalue weighted by atomic mass is 32.1. The van der Waals surface area contributed by atoms with Crippen molar-refractivity contribution in [2.24, 2.45) is 29.2 Å². The number of aliphatic hydroxyl groups excluding tert-OH is 4. The van der Waals surface area contributed by atoms with Gasteiger partial charge in [0.2, 0.25) is 53.2 Å². The summed E-state index contributed by atoms with van der Waals surface area (Å²) < 4.78 is 0. The molecule has 0 heterocycles. The lowest BCUT2D eigenvalue weighted by Crippen LogP contribution is -2.63. The maximum absolute atomic E-state index is 13.9. The molecule has 0 rings (SSSR count). The third kappa shape index (κ3) is 21.6. The molecule has 0 bridgehead atoms. The minimum absolute atomic E-state index is 0.0170. The molecule has 0 unspecified atom stereocenters. The van der Waals surface area contributed by atoms with Gasteiger partial charge < -0.3 is 84.9 Å². The molecule has 26 nitrogen and oxygen atoms in total. The molecule has 0 radical (unpaired) electrons. The number of carbonyl (C=O) groups excluding carboxylic acids is 9. The van der Waals surface area contributed by atoms with Crippen LogP contribution in [0, 0.1) is 17.8 Å². The number of hydrogen-bond acceptors (Lipinski definition) is 17. The van der Waals surface area contributed by atoms with Crippen LogP contribution in [0.2, 0.25) is 0 Å². The summed E-state index contributed by atoms with van der Waals surface area (Å²) in [7, 11) is 0. The lowest BCUT2D eigenvalue weighted by molar-refractivity contribution is -0.145. The van der Waals surface area contributed by atoms with Crippen molar-refractivity contribution in [3.63, 3.8) is 0 Å². The summed E-state index contributed by atoms with van der Waals surface area (Å²) in [5.41, 5.74) is 11.1. The SMILES string of the molecule is CC[C@H](C)[C@H](NC(=O)[C@@H](NC(=O)[C@@H](NC(=O)[C@@H](N)CO)C(C)C)[C@@H](C)O)C(=O)N[C@H](C(=O)N[C@@H](CS)C(=O)N[C@@H](CO)C(=O)N[C@@H](C)C(=O)N[C@@H](CCCCN)C(=O)N[C@H](C(=O)O)[C@@H](C)O)C(C)C. The van der Waals surface area contributed by atoms with Crippen molar-refractivity contribution < 1.29 is 73.5 Å². The smallest absolute Gasteiger partial charge is 0.328 e. The predicted molar refractivity (Wildman–Crippen MR) is 252 cm³/mol. The molecule has 0 aromatic heterocycles. The zero-order valence-corrected chi connectivity index (χ0v) is 41.6. The van der Waals surface area contributed by atoms with Crippen molar-refractivity contribution in [2.75, 3.05) is 25.5 Å². The van der Waals surface area contributed by atoms with Crippen LogP contribution in [0.3, 0.4) is 0 Å². The van der Waals surface area contributed by atoms with Gasteiger partial charge in [0.15, 0.2) is 6.04 Å². The average molecular weight is 1010 g/mol. The largest absolute Gasteiger partial charge is 0.480 e. The molecular formula is C42H77N11O15S. The highest BCUT2D eigenvalue weighted by Gasteiger charge is 2.38. The van der Waals surface area contributed by atoms with E-state index in [1.165, 1.54) is 13.8 Å². The normalized spacial score (nSPS) is 17.0. The fraction of sp³-hybridized carbons (Fsp3) is 0.762. The molecule has 27 heteroatoms. The van der Waals surface area contributed by atoms with Gasteiger partial charge in [0.05, 0.1) is 25.4 Å². The third-order valence-electron chi connectivity index (χ3n) is 10.9. The first kappa shape index (κ1) is 63.8. The Hall–Kier alpha value is -5.19. The molecule has 0 fully saturated rings. The van der Waals surface area contributed by atoms with Crippen LogP contribution in [0.5, 0.6) is 0 Å². The van der Waals surface area contributed by atoms with Crippen molar-refractivity contribution in [1.82, 2.24) is 47.9 Å². The molecule has 69 heavy (non-hydrogen) atoms. The van der Waals surface area contributed by atoms with Crippen LogP contribution in [0.25, 0.3) is 0 Å². The maximum Gasteiger partial charge on any atom is 0.328 e. The van der Waals surface area contributed by atoms with E-state index in [0.717, 1.165) is 6.92 Å². The molecule has 396 valence electrons. The number of amides is 9. The lowest BCUT2D eigenvalue weighted by Gasteiger charge is -2.31. The van der Waals surface area contributed by atoms with Crippen molar-refractivity contribution in [3.05, 3.63) is 0 Å². The Balaban J connectivity index is 6.05. The van der Waals surface area contributed by atoms with Gasteiger partial charge in [-0.1, -0.05) is 48.0 Å². The van der Waals surface area contributed by atoms with E-state index in [1.54, 1.807) is 41.5 Å². The van der Waals surface area contributed by atoms with Gasteiger partial charge in [-0.25, -0.2) is 4.79 Å². The molecule has 0 aromatic rings. The minimum atomic E-state index is -1.69. The summed E-state index contributed by atoms with van der Waals surface area (Å²) >= 11 is 4.15. The average Bonchev–Trinajstić information content (AvgIpc) is 3.28. The van der Waals surface area contributed by atoms with E-state index in [2.05, 4.69) is 60.5 Å². The van der Waals surface area contributed by atoms with E-state index in [0.29, 0.717) is 19.3 Å². The van der Waals surface area contributed by atoms with Crippen LogP contribution < -0.4 is 59.3 Å². The summed E-state index contributed by atoms with van der Waals surface area (Å²) in [4.78, 5) is 131. The van der Waals surface area contributed by atoms with Crippen LogP contribution >= 0.6 is 12.6 Å². The Labute approximate surface area is 407 Å². The number of unbranched alkanes of at least 4 members (excludes halogenated alkanes) is 1. The molecule has 0 aliphatic rings. The summed E-state index contributed by atoms with van der Waals surface area (Å²) in [6.07, 6.45) is -1.85. The zero-order valence-electron chi connectivity index (χ0n) is 40.7. The van der Waals surface area contributed by atoms with Gasteiger partial charge in [0.25, 0.3) is 0 Å². The lowest BCUT2D eigenvalue weighted by atomic mass is 9.95. The Morgan fingerprint density at radius 1 is 0.493 bits per heavy atom. The van der Waals surface area contributed by atoms with Crippen LogP contribution in [0.1, 0.15) is 88.0 Å². The van der Waals surface area contributed by atoms with Crippen LogP contribution in [0.15, 0.2) is 0 Å². The fourth-order valence-electron chi connectivity index (χ4n) is 6.25. The van der Waals surface area contributed by atoms with E-state index in [-0.39, 0.29) is 18.7 Å². The molecule has 0 aromatic carbocycles. The molecule has 0 saturated heterocycles. The van der Waals surface area contributed by atoms with Gasteiger partial charge in [-0.05, 0) is 64.3 Å². The number of thiol groups is 1. The number of rotatable bonds is 32. The number of nitrogens with two attached hydrogens (primary N) is 2. The monoisotopic (exact) mass is 1010 g/mol. The second kappa shape index (κ2) is 31.8. The topological polar surface area (TPSA) is 432 Å². The van der Waals surface area contributed by atoms with Gasteiger partial charge in [-0.2, -0.15) is 12.6 Å². The second-order valence-corrected chi connectivity index (χ2v) is 17.8. The van der Waals surface area contributed by atoms with E-state index < -0.39 is 163 Å². The fourth-order valence-corrected chi connectivity index (χ4v) is 6.51. The quantitative estimate of drug-likeness (QED) is 0.0220. The van der Waals surface area contributed by atoms with Crippen LogP contribution in [-0.2, 0) is 47.9 Å². The number of aliphatic hydroxyl groups is 4. The molecule has 0 spiro atoms. The third-order valence-corrected chi connectivity index (χ3v) is 11.3. The van der Waals surface area contributed by atoms with Crippen molar-refractivity contribution >= 4 is 71.8 Å². The van der Waals surface area contributed by atoms with Crippen LogP contribution in [0.4, 0.5) is 0 Å². The number of nitrogens with one attached hydrogen (secondary N) is 9. The maximum atomic E-state index is 13.9. The van der Waals surface area contributed by atoms with Crippen molar-refractivity contribution in [3.8, 4) is 0 Å². The van der Waals surface area contributed by atoms with Crippen molar-refractivity contribution in [2.45, 2.75) is 161 Å². The number of carboxylic acids is 1. The first-order valence-electron chi connectivity index (χ1n) is 22.7. The Morgan fingerprint density at radius 3 is 1.35 bits per heavy atom. The van der Waals surface area contributed by atoms with Gasteiger partial charge >= 0.3 is 5.97 Å². The molecule has 0 aliphatic heterocycles. The van der Waals surface area contributed by atoms with Gasteiger partial charge in [0.1, 0.15) is 54.4 Å². The predicted octanol–water partition coefficient (Wildman–Crippen LogP) is -6.06. The molecule has 13 atom stereocenters. The number of hydrogen-bond donors (Lipinski definition) is 17. The van der Waals surface area contributed by atoms with Gasteiger partial charge in [-0.15, -0.1) is 0 Å². The Bertz CT molecular complexity index is 1740. The van der Waals surface area contributed by atoms with Gasteiger partial charge in [0, 0.05) is 5.75 Å². The number of aliphatic carboxylic acids is 1. The number of carbonyl (C=O) groups is 10. The van der Waals surface area contributed by atoms with E-state index in [1.807, 2.05) is 0 Å². The Kier molecular flexibility index (Phi) is 29.4. The molecular weight excluding hydrogens is 931 g/mol. The van der Waals surface area contributed by atoms with E-state index in [4.69, 9.17) is 11.5 Å². The number of carboxylic acid groups (broad SMARTS) is 1. The second-order valence-electron chi connectivity index (χ2n) is 17.5. The summed E-state index contributed by atoms with van der Waals surface area (Å²) in [6.45, 7) is 11.9. The highest BCUT2D eigenvalue weighted by Crippen LogP contribution is 2.13. The highest BCUT2D eigenvalue weighted by molar-refractivity contribution is 7.80. The van der Waals surface area contributed by atoms with Gasteiger partial charge in [-0.3, -0.25) is 43.2 Å². The Morgan fingerprint density at radius 2 is 0.899 bits per heavy atom. The van der Waals surface area contributed by atoms with Crippen molar-refractivity contribution in [1.29, 1.82) is 0 Å². The summed E-state index contributed by atoms with van der Waals surface area (Å²) in [5.74, 6) is -11.9. The molecule has 0 saturated carbocycles. The summed E-state index contributed by atoms with van der Waals surface area (Å²) in [6, 6.07) is -14.4. The molecule has 18 N–H and O–H groups in total. The van der Waals surface area contributed by atoms with E-state index in [9.17, 15) is 73.5 Å². The summed E-state index contributed by atoms with van der Waals surface area (Å²) in [5, 5.41) is 70.5. The molecule has 0 aliphatic carbocycles. The van der Waals surface area contributed by atoms with Crippen LogP contribution in [-0.4, -0.2) is 183 Å². The first-order valence-corrected chi connectivity index (χ1v) is 23.4. The van der Waals surface area contributed by atoms with E-state index >= 15 is 0 Å². The minimum Gasteiger partial charge on any atom is -0.480 e. The standard InChI is InChI=1S/C42H77N11O15S/c1-10-20(6)30(51-41(66)31(22(8)56)52-39(64)29(19(4)5)49-34(59)24(44)15-54)40(65)50-28(18(2)3)38(63)48-27(17-69)37(62)47-26(16-55)36(61)45-21(7)33(58)46-25(13-11-12-14-43)35(60)53-32(23(9)57)42(67)68/h18-32,54-57,69H,10-17,43-44H2,1-9H3,(H,45,61)(H,46,58)(H,47,62)(H,48,63)(H,49,59)(H,50,65)(H,51,66)(H,52,64)(H,53,60)(H,67,68)/t20-,21-,22+,23+,24-,25-,26-,27-,28-,29-,30-,31-,32-/m0/s1. The zero-order chi connectivity index (χ0) is 53.5. The first-order chi connectivity index (χ1) is 32.1. The molecule has 9 amide bonds.